The van der Waals surface area contributed by atoms with Crippen molar-refractivity contribution in [2.24, 2.45) is 34.0 Å². The van der Waals surface area contributed by atoms with Crippen molar-refractivity contribution in [2.45, 2.75) is 70.9 Å². The van der Waals surface area contributed by atoms with Crippen LogP contribution in [0.2, 0.25) is 0 Å². The van der Waals surface area contributed by atoms with E-state index in [1.165, 1.54) is 0 Å². The highest BCUT2D eigenvalue weighted by molar-refractivity contribution is 5.96. The Morgan fingerprint density at radius 3 is 2.58 bits per heavy atom. The van der Waals surface area contributed by atoms with Crippen molar-refractivity contribution in [2.75, 3.05) is 0 Å². The van der Waals surface area contributed by atoms with Crippen LogP contribution in [0.5, 0.6) is 0 Å². The highest BCUT2D eigenvalue weighted by atomic mass is 16.6. The molecule has 0 aromatic carbocycles. The third-order valence-electron chi connectivity index (χ3n) is 9.41. The van der Waals surface area contributed by atoms with Gasteiger partial charge in [0.25, 0.3) is 0 Å². The molecule has 2 spiro atoms. The zero-order valence-corrected chi connectivity index (χ0v) is 15.0. The molecule has 5 aliphatic rings. The van der Waals surface area contributed by atoms with Crippen LogP contribution >= 0.6 is 0 Å². The van der Waals surface area contributed by atoms with Gasteiger partial charge in [-0.2, -0.15) is 0 Å². The lowest BCUT2D eigenvalue weighted by Crippen LogP contribution is -2.48. The predicted octanol–water partition coefficient (Wildman–Crippen LogP) is 2.08. The van der Waals surface area contributed by atoms with Gasteiger partial charge in [0.05, 0.1) is 5.41 Å². The second-order valence-corrected chi connectivity index (χ2v) is 9.75. The molecule has 1 saturated heterocycles. The molecule has 0 amide bonds. The summed E-state index contributed by atoms with van der Waals surface area (Å²) in [6, 6.07) is 0. The number of epoxide rings is 1. The maximum Gasteiger partial charge on any atom is 0.171 e. The summed E-state index contributed by atoms with van der Waals surface area (Å²) in [4.78, 5) is 13.4. The highest BCUT2D eigenvalue weighted by Crippen LogP contribution is 2.86. The molecule has 5 rings (SSSR count). The lowest BCUT2D eigenvalue weighted by molar-refractivity contribution is -0.138. The topological polar surface area (TPSA) is 70.1 Å². The Labute approximate surface area is 143 Å². The maximum atomic E-state index is 13.4. The van der Waals surface area contributed by atoms with Gasteiger partial charge in [-0.25, -0.2) is 0 Å². The molecule has 0 aromatic rings. The molecule has 1 heterocycles. The van der Waals surface area contributed by atoms with E-state index in [1.807, 2.05) is 6.92 Å². The number of hydrogen-bond donors (Lipinski definition) is 2. The smallest absolute Gasteiger partial charge is 0.171 e. The third-order valence-corrected chi connectivity index (χ3v) is 9.41. The highest BCUT2D eigenvalue weighted by Gasteiger charge is 2.94. The van der Waals surface area contributed by atoms with Gasteiger partial charge in [-0.1, -0.05) is 27.4 Å². The Morgan fingerprint density at radius 2 is 1.96 bits per heavy atom. The molecule has 0 radical (unpaired) electrons. The van der Waals surface area contributed by atoms with Crippen molar-refractivity contribution in [3.63, 3.8) is 0 Å². The van der Waals surface area contributed by atoms with E-state index in [9.17, 15) is 15.0 Å². The Bertz CT molecular complexity index is 685. The summed E-state index contributed by atoms with van der Waals surface area (Å²) in [6.07, 6.45) is 0.932. The molecule has 0 aromatic heterocycles. The number of hydrogen-bond acceptors (Lipinski definition) is 4. The van der Waals surface area contributed by atoms with Crippen LogP contribution in [0.25, 0.3) is 0 Å². The summed E-state index contributed by atoms with van der Waals surface area (Å²) in [5.74, 6) is 0.761. The summed E-state index contributed by atoms with van der Waals surface area (Å²) in [5, 5.41) is 21.5. The van der Waals surface area contributed by atoms with Crippen LogP contribution in [0.15, 0.2) is 12.2 Å². The summed E-state index contributed by atoms with van der Waals surface area (Å²) in [6.45, 7) is 12.7. The SMILES string of the molecule is C=C1[C@H]2C[C@]34CCC(C(C)C)[C@@]3(C)[C@@H](O)C(=O)[C@]4(C)[C@]23O[C@@H]3[C@H]1O. The number of ketones is 1. The number of aliphatic hydroxyl groups excluding tert-OH is 2. The normalized spacial score (nSPS) is 63.5. The quantitative estimate of drug-likeness (QED) is 0.570. The van der Waals surface area contributed by atoms with Gasteiger partial charge in [-0.05, 0) is 49.0 Å². The molecule has 9 atom stereocenters. The van der Waals surface area contributed by atoms with Gasteiger partial charge in [0.1, 0.15) is 23.9 Å². The minimum atomic E-state index is -0.927. The summed E-state index contributed by atoms with van der Waals surface area (Å²) < 4.78 is 6.08. The van der Waals surface area contributed by atoms with Crippen LogP contribution < -0.4 is 0 Å². The molecule has 1 aliphatic heterocycles. The van der Waals surface area contributed by atoms with Crippen LogP contribution in [0, 0.1) is 34.0 Å². The third kappa shape index (κ3) is 1.08. The van der Waals surface area contributed by atoms with Gasteiger partial charge < -0.3 is 14.9 Å². The van der Waals surface area contributed by atoms with Crippen LogP contribution in [-0.4, -0.2) is 39.9 Å². The van der Waals surface area contributed by atoms with Crippen LogP contribution in [0.1, 0.15) is 47.0 Å². The van der Waals surface area contributed by atoms with Crippen molar-refractivity contribution < 1.29 is 19.7 Å². The number of Topliss-reactive ketones (excluding diaryl/α,β-unsaturated/α-hetero) is 1. The molecule has 132 valence electrons. The van der Waals surface area contributed by atoms with Crippen molar-refractivity contribution in [1.82, 2.24) is 0 Å². The zero-order chi connectivity index (χ0) is 17.4. The van der Waals surface area contributed by atoms with Crippen molar-refractivity contribution in [3.05, 3.63) is 12.2 Å². The van der Waals surface area contributed by atoms with Crippen molar-refractivity contribution >= 4 is 5.78 Å². The Hall–Kier alpha value is -0.710. The second-order valence-electron chi connectivity index (χ2n) is 9.75. The molecule has 4 heteroatoms. The van der Waals surface area contributed by atoms with Crippen molar-refractivity contribution in [3.8, 4) is 0 Å². The van der Waals surface area contributed by atoms with E-state index in [0.717, 1.165) is 24.8 Å². The molecule has 24 heavy (non-hydrogen) atoms. The van der Waals surface area contributed by atoms with Gasteiger partial charge in [0.15, 0.2) is 5.78 Å². The summed E-state index contributed by atoms with van der Waals surface area (Å²) >= 11 is 0. The lowest BCUT2D eigenvalue weighted by atomic mass is 9.55. The predicted molar refractivity (Wildman–Crippen MR) is 88.1 cm³/mol. The molecule has 4 nitrogen and oxygen atoms in total. The zero-order valence-electron chi connectivity index (χ0n) is 15.0. The molecule has 2 N–H and O–H groups in total. The summed E-state index contributed by atoms with van der Waals surface area (Å²) in [5.41, 5.74) is -1.14. The standard InChI is InChI=1S/C20H28O4/c1-9(2)11-6-7-19-8-12-10(3)13(21)16-20(12,24-16)18(19,5)15(23)14(22)17(11,19)4/h9,11-14,16,21-22H,3,6-8H2,1-2,4-5H3/t11?,12-,13+,14+,16-,17+,18+,19-,20+/m1/s1. The first-order valence-corrected chi connectivity index (χ1v) is 9.38. The molecule has 5 fully saturated rings. The van der Waals surface area contributed by atoms with E-state index in [-0.39, 0.29) is 23.2 Å². The van der Waals surface area contributed by atoms with Gasteiger partial charge >= 0.3 is 0 Å². The van der Waals surface area contributed by atoms with E-state index in [0.29, 0.717) is 11.8 Å². The Balaban J connectivity index is 1.75. The summed E-state index contributed by atoms with van der Waals surface area (Å²) in [7, 11) is 0. The average molecular weight is 332 g/mol. The van der Waals surface area contributed by atoms with Gasteiger partial charge in [0.2, 0.25) is 0 Å². The first kappa shape index (κ1) is 15.5. The van der Waals surface area contributed by atoms with Gasteiger partial charge in [-0.15, -0.1) is 0 Å². The van der Waals surface area contributed by atoms with E-state index in [1.54, 1.807) is 0 Å². The van der Waals surface area contributed by atoms with E-state index >= 15 is 0 Å². The number of carbonyl (C=O) groups excluding carboxylic acids is 1. The van der Waals surface area contributed by atoms with E-state index < -0.39 is 28.6 Å². The van der Waals surface area contributed by atoms with Crippen molar-refractivity contribution in [1.29, 1.82) is 0 Å². The number of rotatable bonds is 1. The van der Waals surface area contributed by atoms with Crippen LogP contribution in [0.4, 0.5) is 0 Å². The van der Waals surface area contributed by atoms with Gasteiger partial charge in [-0.3, -0.25) is 4.79 Å². The van der Waals surface area contributed by atoms with E-state index in [4.69, 9.17) is 4.74 Å². The number of carbonyl (C=O) groups is 1. The molecule has 4 saturated carbocycles. The largest absolute Gasteiger partial charge is 0.386 e. The average Bonchev–Trinajstić information content (AvgIpc) is 3.05. The first-order chi connectivity index (χ1) is 11.1. The monoisotopic (exact) mass is 332 g/mol. The van der Waals surface area contributed by atoms with Gasteiger partial charge in [0, 0.05) is 11.3 Å². The second kappa shape index (κ2) is 3.84. The number of aliphatic hydroxyl groups is 2. The number of ether oxygens (including phenoxy) is 1. The maximum absolute atomic E-state index is 13.4. The molecule has 1 unspecified atom stereocenters. The minimum absolute atomic E-state index is 0.0455. The van der Waals surface area contributed by atoms with Crippen LogP contribution in [-0.2, 0) is 9.53 Å². The fraction of sp³-hybridized carbons (Fsp3) is 0.850. The molecule has 0 bridgehead atoms. The van der Waals surface area contributed by atoms with Crippen LogP contribution in [0.3, 0.4) is 0 Å². The fourth-order valence-corrected chi connectivity index (χ4v) is 8.29. The Kier molecular flexibility index (Phi) is 2.49. The fourth-order valence-electron chi connectivity index (χ4n) is 8.29. The molecular weight excluding hydrogens is 304 g/mol. The van der Waals surface area contributed by atoms with E-state index in [2.05, 4.69) is 27.4 Å². The molecule has 4 aliphatic carbocycles. The minimum Gasteiger partial charge on any atom is -0.386 e. The lowest BCUT2D eigenvalue weighted by Gasteiger charge is -2.46. The Morgan fingerprint density at radius 1 is 1.29 bits per heavy atom. The molecular formula is C20H28O4. The first-order valence-electron chi connectivity index (χ1n) is 9.38.